The van der Waals surface area contributed by atoms with E-state index in [1.807, 2.05) is 0 Å². The maximum atomic E-state index is 10.1. The quantitative estimate of drug-likeness (QED) is 0.593. The summed E-state index contributed by atoms with van der Waals surface area (Å²) < 4.78 is 7.47. The fourth-order valence-electron chi connectivity index (χ4n) is 3.53. The minimum Gasteiger partial charge on any atom is -0.506 e. The Balaban J connectivity index is 1.92. The Kier molecular flexibility index (Phi) is 6.22. The van der Waals surface area contributed by atoms with Gasteiger partial charge in [-0.1, -0.05) is 0 Å². The lowest BCUT2D eigenvalue weighted by Gasteiger charge is -2.41. The molecule has 4 nitrogen and oxygen atoms in total. The number of nitrogens with zero attached hydrogens (tertiary/aromatic N) is 1. The Labute approximate surface area is 159 Å². The van der Waals surface area contributed by atoms with Crippen LogP contribution >= 0.6 is 45.2 Å². The minimum atomic E-state index is 0.413. The van der Waals surface area contributed by atoms with Gasteiger partial charge in [0.2, 0.25) is 0 Å². The molecule has 3 rings (SSSR count). The first kappa shape index (κ1) is 17.2. The Hall–Kier alpha value is 0.360. The Bertz CT molecular complexity index is 474. The van der Waals surface area contributed by atoms with Gasteiger partial charge in [-0.25, -0.2) is 0 Å². The van der Waals surface area contributed by atoms with Crippen LogP contribution < -0.4 is 5.32 Å². The van der Waals surface area contributed by atoms with Gasteiger partial charge in [-0.15, -0.1) is 0 Å². The second kappa shape index (κ2) is 7.96. The van der Waals surface area contributed by atoms with Crippen molar-refractivity contribution >= 4 is 45.2 Å². The van der Waals surface area contributed by atoms with Gasteiger partial charge in [0, 0.05) is 45.4 Å². The van der Waals surface area contributed by atoms with Crippen LogP contribution in [0.5, 0.6) is 5.75 Å². The molecule has 0 unspecified atom stereocenters. The Morgan fingerprint density at radius 1 is 1.14 bits per heavy atom. The van der Waals surface area contributed by atoms with Gasteiger partial charge >= 0.3 is 0 Å². The van der Waals surface area contributed by atoms with Gasteiger partial charge in [0.05, 0.1) is 7.14 Å². The molecule has 0 radical (unpaired) electrons. The molecule has 2 saturated heterocycles. The highest BCUT2D eigenvalue weighted by molar-refractivity contribution is 14.1. The van der Waals surface area contributed by atoms with Crippen molar-refractivity contribution in [2.24, 2.45) is 5.92 Å². The molecule has 1 atom stereocenters. The number of phenols is 1. The number of phenolic OH excluding ortho intramolecular Hbond substituents is 1. The molecule has 2 heterocycles. The summed E-state index contributed by atoms with van der Waals surface area (Å²) in [6, 6.07) is 4.77. The molecule has 0 bridgehead atoms. The highest BCUT2D eigenvalue weighted by Crippen LogP contribution is 2.38. The van der Waals surface area contributed by atoms with E-state index in [4.69, 9.17) is 4.74 Å². The standard InChI is InChI=1S/C16H22I2N2O2/c17-13-9-12(10-14(18)16(13)21)15(11-1-7-22-8-2-11)20-5-3-19-4-6-20/h9-11,15,19,21H,1-8H2/t15-/m1/s1. The third-order valence-corrected chi connectivity index (χ3v) is 6.28. The van der Waals surface area contributed by atoms with Gasteiger partial charge in [-0.3, -0.25) is 4.90 Å². The summed E-state index contributed by atoms with van der Waals surface area (Å²) in [7, 11) is 0. The molecule has 0 aromatic heterocycles. The van der Waals surface area contributed by atoms with Crippen molar-refractivity contribution in [1.82, 2.24) is 10.2 Å². The van der Waals surface area contributed by atoms with E-state index in [2.05, 4.69) is 67.5 Å². The van der Waals surface area contributed by atoms with Crippen molar-refractivity contribution in [1.29, 1.82) is 0 Å². The van der Waals surface area contributed by atoms with Crippen molar-refractivity contribution in [3.8, 4) is 5.75 Å². The molecule has 0 aliphatic carbocycles. The Morgan fingerprint density at radius 2 is 1.73 bits per heavy atom. The summed E-state index contributed by atoms with van der Waals surface area (Å²) in [5.74, 6) is 1.05. The van der Waals surface area contributed by atoms with Crippen LogP contribution in [0.25, 0.3) is 0 Å². The predicted molar refractivity (Wildman–Crippen MR) is 104 cm³/mol. The first-order valence-electron chi connectivity index (χ1n) is 7.87. The van der Waals surface area contributed by atoms with E-state index in [1.54, 1.807) is 0 Å². The molecule has 22 heavy (non-hydrogen) atoms. The van der Waals surface area contributed by atoms with Crippen molar-refractivity contribution in [3.05, 3.63) is 24.8 Å². The molecule has 2 fully saturated rings. The fraction of sp³-hybridized carbons (Fsp3) is 0.625. The number of benzene rings is 1. The average molecular weight is 528 g/mol. The van der Waals surface area contributed by atoms with E-state index in [-0.39, 0.29) is 0 Å². The van der Waals surface area contributed by atoms with Crippen LogP contribution in [0.3, 0.4) is 0 Å². The van der Waals surface area contributed by atoms with Crippen molar-refractivity contribution < 1.29 is 9.84 Å². The molecular formula is C16H22I2N2O2. The van der Waals surface area contributed by atoms with Crippen molar-refractivity contribution in [3.63, 3.8) is 0 Å². The van der Waals surface area contributed by atoms with E-state index >= 15 is 0 Å². The highest BCUT2D eigenvalue weighted by atomic mass is 127. The normalized spacial score (nSPS) is 22.6. The van der Waals surface area contributed by atoms with Crippen LogP contribution in [0, 0.1) is 13.1 Å². The molecular weight excluding hydrogens is 506 g/mol. The zero-order valence-electron chi connectivity index (χ0n) is 12.5. The minimum absolute atomic E-state index is 0.413. The van der Waals surface area contributed by atoms with Crippen LogP contribution in [-0.2, 0) is 4.74 Å². The molecule has 122 valence electrons. The number of piperazine rings is 1. The van der Waals surface area contributed by atoms with Crippen molar-refractivity contribution in [2.75, 3.05) is 39.4 Å². The molecule has 1 aromatic rings. The predicted octanol–water partition coefficient (Wildman–Crippen LogP) is 2.97. The van der Waals surface area contributed by atoms with Crippen molar-refractivity contribution in [2.45, 2.75) is 18.9 Å². The van der Waals surface area contributed by atoms with E-state index < -0.39 is 0 Å². The fourth-order valence-corrected chi connectivity index (χ4v) is 5.35. The van der Waals surface area contributed by atoms with Gasteiger partial charge in [0.1, 0.15) is 5.75 Å². The summed E-state index contributed by atoms with van der Waals surface area (Å²) >= 11 is 4.48. The van der Waals surface area contributed by atoms with Crippen LogP contribution in [-0.4, -0.2) is 49.4 Å². The van der Waals surface area contributed by atoms with Gasteiger partial charge < -0.3 is 15.2 Å². The third-order valence-electron chi connectivity index (χ3n) is 4.64. The van der Waals surface area contributed by atoms with Gasteiger partial charge in [0.25, 0.3) is 0 Å². The molecule has 2 aliphatic heterocycles. The summed E-state index contributed by atoms with van der Waals surface area (Å²) in [5, 5.41) is 13.5. The van der Waals surface area contributed by atoms with E-state index in [1.165, 1.54) is 5.56 Å². The van der Waals surface area contributed by atoms with E-state index in [0.29, 0.717) is 17.7 Å². The maximum Gasteiger partial charge on any atom is 0.142 e. The van der Waals surface area contributed by atoms with Crippen LogP contribution in [0.2, 0.25) is 0 Å². The molecule has 2 N–H and O–H groups in total. The maximum absolute atomic E-state index is 10.1. The van der Waals surface area contributed by atoms with Gasteiger partial charge in [-0.2, -0.15) is 0 Å². The summed E-state index contributed by atoms with van der Waals surface area (Å²) in [5.41, 5.74) is 1.35. The van der Waals surface area contributed by atoms with Crippen LogP contribution in [0.15, 0.2) is 12.1 Å². The first-order chi connectivity index (χ1) is 10.7. The number of hydrogen-bond acceptors (Lipinski definition) is 4. The lowest BCUT2D eigenvalue weighted by atomic mass is 9.85. The van der Waals surface area contributed by atoms with Crippen LogP contribution in [0.1, 0.15) is 24.4 Å². The number of nitrogens with one attached hydrogen (secondary N) is 1. The van der Waals surface area contributed by atoms with E-state index in [0.717, 1.165) is 59.4 Å². The third kappa shape index (κ3) is 3.88. The molecule has 2 aliphatic rings. The molecule has 0 saturated carbocycles. The molecule has 0 spiro atoms. The zero-order chi connectivity index (χ0) is 15.5. The van der Waals surface area contributed by atoms with Crippen LogP contribution in [0.4, 0.5) is 0 Å². The smallest absolute Gasteiger partial charge is 0.142 e. The monoisotopic (exact) mass is 528 g/mol. The Morgan fingerprint density at radius 3 is 2.32 bits per heavy atom. The molecule has 1 aromatic carbocycles. The molecule has 6 heteroatoms. The second-order valence-electron chi connectivity index (χ2n) is 6.01. The zero-order valence-corrected chi connectivity index (χ0v) is 16.8. The number of aromatic hydroxyl groups is 1. The summed E-state index contributed by atoms with van der Waals surface area (Å²) in [6.07, 6.45) is 2.26. The molecule has 0 amide bonds. The number of rotatable bonds is 3. The summed E-state index contributed by atoms with van der Waals surface area (Å²) in [4.78, 5) is 2.62. The topological polar surface area (TPSA) is 44.7 Å². The number of halogens is 2. The largest absolute Gasteiger partial charge is 0.506 e. The number of ether oxygens (including phenoxy) is 1. The first-order valence-corrected chi connectivity index (χ1v) is 10.0. The lowest BCUT2D eigenvalue weighted by molar-refractivity contribution is 0.0212. The lowest BCUT2D eigenvalue weighted by Crippen LogP contribution is -2.47. The second-order valence-corrected chi connectivity index (χ2v) is 8.34. The number of hydrogen-bond donors (Lipinski definition) is 2. The SMILES string of the molecule is Oc1c(I)cc([C@@H](C2CCOCC2)N2CCNCC2)cc1I. The highest BCUT2D eigenvalue weighted by Gasteiger charge is 2.31. The average Bonchev–Trinajstić information content (AvgIpc) is 2.55. The van der Waals surface area contributed by atoms with Gasteiger partial charge in [-0.05, 0) is 81.6 Å². The summed E-state index contributed by atoms with van der Waals surface area (Å²) in [6.45, 7) is 6.06. The van der Waals surface area contributed by atoms with E-state index in [9.17, 15) is 5.11 Å². The van der Waals surface area contributed by atoms with Gasteiger partial charge in [0.15, 0.2) is 0 Å².